The Bertz CT molecular complexity index is 471. The smallest absolute Gasteiger partial charge is 0.0739 e. The maximum atomic E-state index is 4.50. The number of hydrogen-bond donors (Lipinski definition) is 0. The van der Waals surface area contributed by atoms with Crippen LogP contribution in [0.5, 0.6) is 0 Å². The molecule has 0 atom stereocenters. The Morgan fingerprint density at radius 3 is 2.33 bits per heavy atom. The van der Waals surface area contributed by atoms with Crippen molar-refractivity contribution in [1.82, 2.24) is 19.6 Å². The summed E-state index contributed by atoms with van der Waals surface area (Å²) in [5.41, 5.74) is 2.40. The van der Waals surface area contributed by atoms with E-state index in [1.807, 2.05) is 11.7 Å². The van der Waals surface area contributed by atoms with E-state index in [0.29, 0.717) is 0 Å². The zero-order chi connectivity index (χ0) is 14.8. The van der Waals surface area contributed by atoms with Crippen LogP contribution in [0.2, 0.25) is 0 Å². The second kappa shape index (κ2) is 6.80. The topological polar surface area (TPSA) is 24.3 Å². The first kappa shape index (κ1) is 15.5. The van der Waals surface area contributed by atoms with E-state index >= 15 is 0 Å². The monoisotopic (exact) mass is 354 g/mol. The molecule has 0 N–H and O–H groups in total. The van der Waals surface area contributed by atoms with E-state index < -0.39 is 0 Å². The summed E-state index contributed by atoms with van der Waals surface area (Å²) in [6, 6.07) is 0. The molecule has 2 saturated heterocycles. The molecule has 4 nitrogen and oxygen atoms in total. The van der Waals surface area contributed by atoms with Crippen molar-refractivity contribution in [3.63, 3.8) is 0 Å². The van der Waals surface area contributed by atoms with E-state index in [9.17, 15) is 0 Å². The second-order valence-electron chi connectivity index (χ2n) is 6.70. The Kier molecular flexibility index (Phi) is 5.02. The highest BCUT2D eigenvalue weighted by Gasteiger charge is 2.24. The Balaban J connectivity index is 1.49. The molecule has 0 spiro atoms. The van der Waals surface area contributed by atoms with Gasteiger partial charge in [-0.1, -0.05) is 0 Å². The van der Waals surface area contributed by atoms with Crippen molar-refractivity contribution < 1.29 is 0 Å². The first-order chi connectivity index (χ1) is 10.1. The highest BCUT2D eigenvalue weighted by molar-refractivity contribution is 9.10. The third-order valence-corrected chi connectivity index (χ3v) is 6.09. The highest BCUT2D eigenvalue weighted by atomic mass is 79.9. The maximum absolute atomic E-state index is 4.50. The summed E-state index contributed by atoms with van der Waals surface area (Å²) in [6.07, 6.45) is 5.52. The molecule has 118 valence electrons. The first-order valence-corrected chi connectivity index (χ1v) is 9.05. The standard InChI is InChI=1S/C16H27BrN4/c1-13-16(17)15(19(2)18-13)12-21-9-5-14(6-10-21)11-20-7-3-4-8-20/h14H,3-12H2,1-2H3. The molecule has 5 heteroatoms. The van der Waals surface area contributed by atoms with Crippen LogP contribution in [0.15, 0.2) is 4.47 Å². The van der Waals surface area contributed by atoms with Gasteiger partial charge in [0, 0.05) is 20.1 Å². The molecular weight excluding hydrogens is 328 g/mol. The quantitative estimate of drug-likeness (QED) is 0.830. The van der Waals surface area contributed by atoms with Crippen molar-refractivity contribution in [2.75, 3.05) is 32.7 Å². The zero-order valence-electron chi connectivity index (χ0n) is 13.3. The van der Waals surface area contributed by atoms with Gasteiger partial charge in [0.2, 0.25) is 0 Å². The van der Waals surface area contributed by atoms with Crippen LogP contribution in [0.25, 0.3) is 0 Å². The number of hydrogen-bond acceptors (Lipinski definition) is 3. The van der Waals surface area contributed by atoms with Crippen molar-refractivity contribution >= 4 is 15.9 Å². The SMILES string of the molecule is Cc1nn(C)c(CN2CCC(CN3CCCC3)CC2)c1Br. The molecule has 21 heavy (non-hydrogen) atoms. The summed E-state index contributed by atoms with van der Waals surface area (Å²) in [5.74, 6) is 0.913. The first-order valence-electron chi connectivity index (χ1n) is 8.26. The Morgan fingerprint density at radius 1 is 1.10 bits per heavy atom. The lowest BCUT2D eigenvalue weighted by molar-refractivity contribution is 0.146. The summed E-state index contributed by atoms with van der Waals surface area (Å²) in [5, 5.41) is 4.50. The molecule has 1 aromatic rings. The van der Waals surface area contributed by atoms with Crippen LogP contribution in [0.4, 0.5) is 0 Å². The number of nitrogens with zero attached hydrogens (tertiary/aromatic N) is 4. The fraction of sp³-hybridized carbons (Fsp3) is 0.812. The van der Waals surface area contributed by atoms with Gasteiger partial charge in [0.25, 0.3) is 0 Å². The normalized spacial score (nSPS) is 22.2. The van der Waals surface area contributed by atoms with Crippen LogP contribution in [0.1, 0.15) is 37.1 Å². The van der Waals surface area contributed by atoms with Crippen LogP contribution in [0, 0.1) is 12.8 Å². The number of aromatic nitrogens is 2. The van der Waals surface area contributed by atoms with E-state index in [0.717, 1.165) is 18.2 Å². The summed E-state index contributed by atoms with van der Waals surface area (Å²) in [6.45, 7) is 9.56. The highest BCUT2D eigenvalue weighted by Crippen LogP contribution is 2.25. The van der Waals surface area contributed by atoms with Crippen molar-refractivity contribution in [2.24, 2.45) is 13.0 Å². The zero-order valence-corrected chi connectivity index (χ0v) is 14.9. The van der Waals surface area contributed by atoms with Crippen molar-refractivity contribution in [3.05, 3.63) is 15.9 Å². The minimum atomic E-state index is 0.913. The average molecular weight is 355 g/mol. The van der Waals surface area contributed by atoms with Gasteiger partial charge in [-0.15, -0.1) is 0 Å². The molecule has 0 aromatic carbocycles. The number of aryl methyl sites for hydroxylation is 2. The van der Waals surface area contributed by atoms with Gasteiger partial charge in [-0.2, -0.15) is 5.10 Å². The summed E-state index contributed by atoms with van der Waals surface area (Å²) < 4.78 is 3.21. The lowest BCUT2D eigenvalue weighted by atomic mass is 9.96. The minimum absolute atomic E-state index is 0.913. The maximum Gasteiger partial charge on any atom is 0.0739 e. The summed E-state index contributed by atoms with van der Waals surface area (Å²) in [7, 11) is 2.05. The summed E-state index contributed by atoms with van der Waals surface area (Å²) >= 11 is 3.68. The molecule has 2 aliphatic rings. The number of rotatable bonds is 4. The fourth-order valence-electron chi connectivity index (χ4n) is 3.72. The fourth-order valence-corrected chi connectivity index (χ4v) is 4.18. The van der Waals surface area contributed by atoms with Gasteiger partial charge in [-0.3, -0.25) is 9.58 Å². The van der Waals surface area contributed by atoms with E-state index in [2.05, 4.69) is 37.8 Å². The van der Waals surface area contributed by atoms with E-state index in [4.69, 9.17) is 0 Å². The predicted molar refractivity (Wildman–Crippen MR) is 89.3 cm³/mol. The van der Waals surface area contributed by atoms with Gasteiger partial charge in [0.1, 0.15) is 0 Å². The van der Waals surface area contributed by atoms with Crippen LogP contribution < -0.4 is 0 Å². The molecule has 0 aliphatic carbocycles. The van der Waals surface area contributed by atoms with Crippen LogP contribution >= 0.6 is 15.9 Å². The lowest BCUT2D eigenvalue weighted by Gasteiger charge is -2.33. The Morgan fingerprint density at radius 2 is 1.76 bits per heavy atom. The molecule has 0 bridgehead atoms. The molecule has 0 unspecified atom stereocenters. The molecule has 0 saturated carbocycles. The van der Waals surface area contributed by atoms with Gasteiger partial charge in [-0.05, 0) is 80.6 Å². The van der Waals surface area contributed by atoms with Gasteiger partial charge < -0.3 is 4.90 Å². The van der Waals surface area contributed by atoms with Gasteiger partial charge in [-0.25, -0.2) is 0 Å². The third kappa shape index (κ3) is 3.69. The lowest BCUT2D eigenvalue weighted by Crippen LogP contribution is -2.38. The van der Waals surface area contributed by atoms with Crippen LogP contribution in [-0.2, 0) is 13.6 Å². The van der Waals surface area contributed by atoms with Crippen LogP contribution in [0.3, 0.4) is 0 Å². The Labute approximate surface area is 136 Å². The van der Waals surface area contributed by atoms with Gasteiger partial charge in [0.05, 0.1) is 15.9 Å². The predicted octanol–water partition coefficient (Wildman–Crippen LogP) is 2.80. The molecule has 2 fully saturated rings. The molecule has 0 amide bonds. The minimum Gasteiger partial charge on any atom is -0.303 e. The largest absolute Gasteiger partial charge is 0.303 e. The van der Waals surface area contributed by atoms with Crippen molar-refractivity contribution in [1.29, 1.82) is 0 Å². The second-order valence-corrected chi connectivity index (χ2v) is 7.49. The molecule has 3 rings (SSSR count). The van der Waals surface area contributed by atoms with E-state index in [-0.39, 0.29) is 0 Å². The molecule has 2 aliphatic heterocycles. The summed E-state index contributed by atoms with van der Waals surface area (Å²) in [4.78, 5) is 5.25. The van der Waals surface area contributed by atoms with Crippen molar-refractivity contribution in [2.45, 2.75) is 39.2 Å². The molecule has 1 aromatic heterocycles. The van der Waals surface area contributed by atoms with Gasteiger partial charge in [0.15, 0.2) is 0 Å². The number of likely N-dealkylation sites (tertiary alicyclic amines) is 2. The molecule has 3 heterocycles. The Hall–Kier alpha value is -0.390. The van der Waals surface area contributed by atoms with Gasteiger partial charge >= 0.3 is 0 Å². The van der Waals surface area contributed by atoms with E-state index in [1.54, 1.807) is 0 Å². The number of halogens is 1. The third-order valence-electron chi connectivity index (χ3n) is 5.06. The number of piperidine rings is 1. The molecule has 0 radical (unpaired) electrons. The van der Waals surface area contributed by atoms with Crippen molar-refractivity contribution in [3.8, 4) is 0 Å². The average Bonchev–Trinajstić information content (AvgIpc) is 3.05. The van der Waals surface area contributed by atoms with Crippen LogP contribution in [-0.4, -0.2) is 52.3 Å². The van der Waals surface area contributed by atoms with E-state index in [1.165, 1.54) is 68.6 Å². The molecular formula is C16H27BrN4.